The van der Waals surface area contributed by atoms with Crippen LogP contribution in [0.1, 0.15) is 12.7 Å². The lowest BCUT2D eigenvalue weighted by Gasteiger charge is -2.07. The van der Waals surface area contributed by atoms with Gasteiger partial charge in [-0.1, -0.05) is 0 Å². The summed E-state index contributed by atoms with van der Waals surface area (Å²) in [4.78, 5) is 26.3. The van der Waals surface area contributed by atoms with Crippen LogP contribution < -0.4 is 16.3 Å². The molecule has 0 spiro atoms. The third kappa shape index (κ3) is 2.47. The van der Waals surface area contributed by atoms with E-state index in [0.29, 0.717) is 30.4 Å². The molecule has 96 valence electrons. The van der Waals surface area contributed by atoms with Crippen LogP contribution in [0, 0.1) is 6.92 Å². The zero-order valence-electron chi connectivity index (χ0n) is 10.1. The molecule has 0 saturated heterocycles. The summed E-state index contributed by atoms with van der Waals surface area (Å²) in [5.74, 6) is 1.09. The zero-order valence-corrected chi connectivity index (χ0v) is 10.1. The van der Waals surface area contributed by atoms with Gasteiger partial charge < -0.3 is 10.6 Å². The van der Waals surface area contributed by atoms with Gasteiger partial charge in [0.25, 0.3) is 0 Å². The van der Waals surface area contributed by atoms with Crippen molar-refractivity contribution in [2.45, 2.75) is 13.8 Å². The van der Waals surface area contributed by atoms with E-state index in [4.69, 9.17) is 0 Å². The Bertz CT molecular complexity index is 629. The number of hydrogen-bond donors (Lipinski definition) is 3. The van der Waals surface area contributed by atoms with Gasteiger partial charge in [0.15, 0.2) is 5.65 Å². The van der Waals surface area contributed by atoms with Crippen LogP contribution in [0.15, 0.2) is 10.9 Å². The number of carbonyl (C=O) groups excluding carboxylic acids is 1. The third-order valence-electron chi connectivity index (χ3n) is 2.38. The molecule has 0 fully saturated rings. The average Bonchev–Trinajstić information content (AvgIpc) is 2.67. The number of hydrogen-bond acceptors (Lipinski definition) is 5. The summed E-state index contributed by atoms with van der Waals surface area (Å²) in [5, 5.41) is 11.9. The normalized spacial score (nSPS) is 10.6. The lowest BCUT2D eigenvalue weighted by molar-refractivity contribution is -0.118. The highest BCUT2D eigenvalue weighted by Crippen LogP contribution is 2.06. The topological polar surface area (TPSA) is 104 Å². The zero-order chi connectivity index (χ0) is 13.1. The third-order valence-corrected chi connectivity index (χ3v) is 2.38. The lowest BCUT2D eigenvalue weighted by atomic mass is 10.5. The predicted molar refractivity (Wildman–Crippen MR) is 65.5 cm³/mol. The number of nitrogens with zero attached hydrogens (tertiary/aromatic N) is 3. The molecule has 0 bridgehead atoms. The van der Waals surface area contributed by atoms with E-state index in [2.05, 4.69) is 25.8 Å². The monoisotopic (exact) mass is 250 g/mol. The summed E-state index contributed by atoms with van der Waals surface area (Å²) < 4.78 is 1.39. The second kappa shape index (κ2) is 4.86. The molecule has 18 heavy (non-hydrogen) atoms. The number of aryl methyl sites for hydroxylation is 1. The van der Waals surface area contributed by atoms with Crippen LogP contribution in [0.4, 0.5) is 5.82 Å². The Balaban J connectivity index is 2.10. The molecule has 3 N–H and O–H groups in total. The maximum absolute atomic E-state index is 11.4. The van der Waals surface area contributed by atoms with E-state index in [1.54, 1.807) is 13.0 Å². The first-order valence-corrected chi connectivity index (χ1v) is 5.51. The molecule has 0 atom stereocenters. The van der Waals surface area contributed by atoms with Crippen LogP contribution in [0.3, 0.4) is 0 Å². The van der Waals surface area contributed by atoms with Gasteiger partial charge in [-0.15, -0.1) is 0 Å². The largest absolute Gasteiger partial charge is 0.368 e. The van der Waals surface area contributed by atoms with Gasteiger partial charge in [-0.05, 0) is 6.92 Å². The minimum Gasteiger partial charge on any atom is -0.368 e. The van der Waals surface area contributed by atoms with Crippen molar-refractivity contribution < 1.29 is 4.79 Å². The molecule has 2 rings (SSSR count). The van der Waals surface area contributed by atoms with Crippen molar-refractivity contribution in [1.29, 1.82) is 0 Å². The van der Waals surface area contributed by atoms with Gasteiger partial charge in [0.1, 0.15) is 11.6 Å². The fourth-order valence-corrected chi connectivity index (χ4v) is 1.62. The van der Waals surface area contributed by atoms with Crippen LogP contribution in [-0.2, 0) is 4.79 Å². The number of fused-ring (bicyclic) bond motifs is 1. The van der Waals surface area contributed by atoms with Crippen molar-refractivity contribution in [3.8, 4) is 0 Å². The predicted octanol–water partition coefficient (Wildman–Crippen LogP) is -0.726. The van der Waals surface area contributed by atoms with Crippen LogP contribution in [0.25, 0.3) is 5.65 Å². The highest BCUT2D eigenvalue weighted by atomic mass is 16.2. The molecule has 8 nitrogen and oxygen atoms in total. The Morgan fingerprint density at radius 1 is 1.50 bits per heavy atom. The van der Waals surface area contributed by atoms with Gasteiger partial charge >= 0.3 is 5.69 Å². The SMILES string of the molecule is CC(=O)NCCNc1cc2n[nH]c(=O)n2c(C)n1. The van der Waals surface area contributed by atoms with E-state index in [-0.39, 0.29) is 11.6 Å². The standard InChI is InChI=1S/C10H14N6O2/c1-6-13-8(12-4-3-11-7(2)17)5-9-14-15-10(18)16(6)9/h5,12H,3-4H2,1-2H3,(H,11,17)(H,15,18). The number of carbonyl (C=O) groups is 1. The second-order valence-corrected chi connectivity index (χ2v) is 3.82. The molecule has 0 aromatic carbocycles. The van der Waals surface area contributed by atoms with Crippen molar-refractivity contribution in [2.75, 3.05) is 18.4 Å². The Hall–Kier alpha value is -2.38. The summed E-state index contributed by atoms with van der Waals surface area (Å²) in [5.41, 5.74) is 0.203. The molecule has 0 radical (unpaired) electrons. The minimum atomic E-state index is -0.306. The van der Waals surface area contributed by atoms with Crippen molar-refractivity contribution >= 4 is 17.4 Å². The number of rotatable bonds is 4. The van der Waals surface area contributed by atoms with Gasteiger partial charge in [0, 0.05) is 26.1 Å². The number of nitrogens with one attached hydrogen (secondary N) is 3. The minimum absolute atomic E-state index is 0.0738. The van der Waals surface area contributed by atoms with E-state index < -0.39 is 0 Å². The molecule has 2 aromatic heterocycles. The summed E-state index contributed by atoms with van der Waals surface area (Å²) >= 11 is 0. The van der Waals surface area contributed by atoms with Gasteiger partial charge in [0.2, 0.25) is 5.91 Å². The number of aromatic amines is 1. The average molecular weight is 250 g/mol. The summed E-state index contributed by atoms with van der Waals surface area (Å²) in [7, 11) is 0. The molecule has 2 aromatic rings. The van der Waals surface area contributed by atoms with Gasteiger partial charge in [-0.2, -0.15) is 5.10 Å². The highest BCUT2D eigenvalue weighted by Gasteiger charge is 2.06. The van der Waals surface area contributed by atoms with Crippen molar-refractivity contribution in [1.82, 2.24) is 24.9 Å². The van der Waals surface area contributed by atoms with Crippen LogP contribution in [0.5, 0.6) is 0 Å². The fraction of sp³-hybridized carbons (Fsp3) is 0.400. The smallest absolute Gasteiger partial charge is 0.349 e. The quantitative estimate of drug-likeness (QED) is 0.621. The molecule has 1 amide bonds. The van der Waals surface area contributed by atoms with E-state index in [1.807, 2.05) is 0 Å². The number of amides is 1. The second-order valence-electron chi connectivity index (χ2n) is 3.82. The van der Waals surface area contributed by atoms with E-state index in [9.17, 15) is 9.59 Å². The van der Waals surface area contributed by atoms with Crippen molar-refractivity contribution in [2.24, 2.45) is 0 Å². The number of anilines is 1. The summed E-state index contributed by atoms with van der Waals surface area (Å²) in [6.45, 7) is 4.25. The Morgan fingerprint density at radius 2 is 2.28 bits per heavy atom. The van der Waals surface area contributed by atoms with Crippen molar-refractivity contribution in [3.05, 3.63) is 22.4 Å². The molecular weight excluding hydrogens is 236 g/mol. The van der Waals surface area contributed by atoms with Gasteiger partial charge in [0.05, 0.1) is 0 Å². The van der Waals surface area contributed by atoms with Crippen LogP contribution >= 0.6 is 0 Å². The maximum atomic E-state index is 11.4. The molecule has 0 aliphatic carbocycles. The number of aromatic nitrogens is 4. The van der Waals surface area contributed by atoms with E-state index in [1.165, 1.54) is 11.3 Å². The van der Waals surface area contributed by atoms with E-state index >= 15 is 0 Å². The highest BCUT2D eigenvalue weighted by molar-refractivity contribution is 5.72. The summed E-state index contributed by atoms with van der Waals surface area (Å²) in [6, 6.07) is 1.67. The van der Waals surface area contributed by atoms with Gasteiger partial charge in [-0.25, -0.2) is 19.3 Å². The molecule has 0 saturated carbocycles. The first-order valence-electron chi connectivity index (χ1n) is 5.51. The Morgan fingerprint density at radius 3 is 3.00 bits per heavy atom. The molecule has 2 heterocycles. The molecule has 8 heteroatoms. The number of H-pyrrole nitrogens is 1. The maximum Gasteiger partial charge on any atom is 0.349 e. The fourth-order valence-electron chi connectivity index (χ4n) is 1.62. The van der Waals surface area contributed by atoms with Crippen molar-refractivity contribution in [3.63, 3.8) is 0 Å². The first-order chi connectivity index (χ1) is 8.58. The molecular formula is C10H14N6O2. The first kappa shape index (κ1) is 12.1. The summed E-state index contributed by atoms with van der Waals surface area (Å²) in [6.07, 6.45) is 0. The lowest BCUT2D eigenvalue weighted by Crippen LogP contribution is -2.26. The van der Waals surface area contributed by atoms with E-state index in [0.717, 1.165) is 0 Å². The van der Waals surface area contributed by atoms with Crippen LogP contribution in [0.2, 0.25) is 0 Å². The van der Waals surface area contributed by atoms with Crippen LogP contribution in [-0.4, -0.2) is 38.6 Å². The Labute approximate surface area is 102 Å². The molecule has 0 aliphatic rings. The molecule has 0 aliphatic heterocycles. The van der Waals surface area contributed by atoms with Gasteiger partial charge in [-0.3, -0.25) is 4.79 Å². The molecule has 0 unspecified atom stereocenters. The Kier molecular flexibility index (Phi) is 3.26.